The monoisotopic (exact) mass is 204 g/mol. The van der Waals surface area contributed by atoms with E-state index < -0.39 is 0 Å². The third-order valence-electron chi connectivity index (χ3n) is 0. The Bertz CT molecular complexity index is 31.0. The van der Waals surface area contributed by atoms with Gasteiger partial charge in [-0.05, 0) is 4.22 Å². The Hall–Kier alpha value is 1.44. The predicted molar refractivity (Wildman–Crippen MR) is 38.2 cm³/mol. The molecule has 0 spiro atoms. The summed E-state index contributed by atoms with van der Waals surface area (Å²) in [7, 11) is 2.07. The first-order valence-electron chi connectivity index (χ1n) is 0.893. The highest BCUT2D eigenvalue weighted by Gasteiger charge is 1.58. The van der Waals surface area contributed by atoms with Gasteiger partial charge in [0.2, 0.25) is 0 Å². The molecule has 0 nitrogen and oxygen atoms in total. The van der Waals surface area contributed by atoms with Crippen molar-refractivity contribution in [1.82, 2.24) is 0 Å². The van der Waals surface area contributed by atoms with E-state index in [-0.39, 0.29) is 4.22 Å². The average Bonchev–Trinajstić information content (AvgIpc) is 0.811. The van der Waals surface area contributed by atoms with Gasteiger partial charge in [-0.15, -0.1) is 11.8 Å². The zero-order valence-electron chi connectivity index (χ0n) is 2.29. The van der Waals surface area contributed by atoms with E-state index in [0.29, 0.717) is 0 Å². The zero-order valence-corrected chi connectivity index (χ0v) is 6.26. The number of hydrogen-bond donors (Lipinski definition) is 0. The normalized spacial score (nSPS) is 15.2. The SMILES string of the molecule is B[PH](=S)I. The first-order chi connectivity index (χ1) is 1.73. The summed E-state index contributed by atoms with van der Waals surface area (Å²) in [6, 6.07) is 0. The lowest BCUT2D eigenvalue weighted by atomic mass is 10.8. The van der Waals surface area contributed by atoms with E-state index >= 15 is 0 Å². The second-order valence-corrected chi connectivity index (χ2v) is 10.3. The summed E-state index contributed by atoms with van der Waals surface area (Å²) in [5, 5.41) is 0. The number of halogens is 1. The van der Waals surface area contributed by atoms with Crippen LogP contribution in [-0.2, 0) is 11.8 Å². The molecule has 0 heterocycles. The quantitative estimate of drug-likeness (QED) is 0.315. The Balaban J connectivity index is 2.80. The highest BCUT2D eigenvalue weighted by atomic mass is 127. The number of hydrogen-bond acceptors (Lipinski definition) is 1. The number of rotatable bonds is 0. The van der Waals surface area contributed by atoms with Crippen molar-refractivity contribution in [3.05, 3.63) is 0 Å². The molecule has 0 N–H and O–H groups in total. The van der Waals surface area contributed by atoms with Gasteiger partial charge in [-0.1, -0.05) is 22.0 Å². The molecule has 24 valence electrons. The Kier molecular flexibility index (Phi) is 3.63. The van der Waals surface area contributed by atoms with Crippen molar-refractivity contribution in [3.63, 3.8) is 0 Å². The van der Waals surface area contributed by atoms with E-state index in [1.54, 1.807) is 0 Å². The maximum atomic E-state index is 4.71. The lowest BCUT2D eigenvalue weighted by molar-refractivity contribution is 5.09. The smallest absolute Gasteiger partial charge is 0.100 e. The molecule has 0 aromatic rings. The van der Waals surface area contributed by atoms with E-state index in [1.165, 1.54) is 0 Å². The first-order valence-corrected chi connectivity index (χ1v) is 7.14. The topological polar surface area (TPSA) is 0 Å². The fourth-order valence-corrected chi connectivity index (χ4v) is 0. The summed E-state index contributed by atoms with van der Waals surface area (Å²) < 4.78 is -0.326. The molecule has 4 heavy (non-hydrogen) atoms. The van der Waals surface area contributed by atoms with Gasteiger partial charge < -0.3 is 0 Å². The molecule has 0 aliphatic carbocycles. The third-order valence-corrected chi connectivity index (χ3v) is 0. The molecule has 0 rings (SSSR count). The maximum Gasteiger partial charge on any atom is 0.156 e. The average molecular weight is 204 g/mol. The van der Waals surface area contributed by atoms with Crippen LogP contribution in [0.15, 0.2) is 0 Å². The van der Waals surface area contributed by atoms with E-state index in [1.807, 2.05) is 0 Å². The van der Waals surface area contributed by atoms with Gasteiger partial charge in [-0.3, -0.25) is 0 Å². The van der Waals surface area contributed by atoms with Crippen molar-refractivity contribution in [2.45, 2.75) is 0 Å². The minimum atomic E-state index is -0.326. The van der Waals surface area contributed by atoms with Crippen molar-refractivity contribution in [2.24, 2.45) is 0 Å². The van der Waals surface area contributed by atoms with Gasteiger partial charge in [0, 0.05) is 0 Å². The maximum absolute atomic E-state index is 4.71. The van der Waals surface area contributed by atoms with E-state index in [0.717, 1.165) is 0 Å². The van der Waals surface area contributed by atoms with Crippen molar-refractivity contribution in [2.75, 3.05) is 0 Å². The molecule has 1 atom stereocenters. The van der Waals surface area contributed by atoms with Gasteiger partial charge in [0.25, 0.3) is 0 Å². The van der Waals surface area contributed by atoms with Gasteiger partial charge in [0.05, 0.1) is 0 Å². The minimum Gasteiger partial charge on any atom is -0.100 e. The fraction of sp³-hybridized carbons (Fsp3) is 0. The molecule has 0 amide bonds. The van der Waals surface area contributed by atoms with E-state index in [2.05, 4.69) is 29.6 Å². The summed E-state index contributed by atoms with van der Waals surface area (Å²) in [6.45, 7) is 0. The molecule has 0 aromatic heterocycles. The van der Waals surface area contributed by atoms with Crippen molar-refractivity contribution >= 4 is 45.6 Å². The van der Waals surface area contributed by atoms with Gasteiger partial charge in [-0.25, -0.2) is 0 Å². The molecule has 0 saturated heterocycles. The van der Waals surface area contributed by atoms with Gasteiger partial charge in [0.1, 0.15) is 0 Å². The molecule has 0 aliphatic heterocycles. The predicted octanol–water partition coefficient (Wildman–Crippen LogP) is 0.561. The van der Waals surface area contributed by atoms with E-state index in [4.69, 9.17) is 11.8 Å². The van der Waals surface area contributed by atoms with Crippen LogP contribution in [0.1, 0.15) is 0 Å². The largest absolute Gasteiger partial charge is 0.156 e. The van der Waals surface area contributed by atoms with Crippen LogP contribution in [-0.4, -0.2) is 7.57 Å². The van der Waals surface area contributed by atoms with Crippen LogP contribution in [0.2, 0.25) is 0 Å². The van der Waals surface area contributed by atoms with Crippen LogP contribution in [0, 0.1) is 0 Å². The summed E-state index contributed by atoms with van der Waals surface area (Å²) in [6.07, 6.45) is 0. The molecular formula is H3BIPS. The highest BCUT2D eigenvalue weighted by molar-refractivity contribution is 14.2. The van der Waals surface area contributed by atoms with Crippen molar-refractivity contribution in [1.29, 1.82) is 0 Å². The molecule has 0 saturated carbocycles. The van der Waals surface area contributed by atoms with Crippen LogP contribution >= 0.6 is 26.3 Å². The highest BCUT2D eigenvalue weighted by Crippen LogP contribution is 2.22. The molecule has 4 heteroatoms. The fourth-order valence-electron chi connectivity index (χ4n) is 0. The molecule has 0 fully saturated rings. The van der Waals surface area contributed by atoms with E-state index in [9.17, 15) is 0 Å². The van der Waals surface area contributed by atoms with Crippen LogP contribution < -0.4 is 0 Å². The molecule has 0 aliphatic rings. The molecule has 1 unspecified atom stereocenters. The molecule has 0 radical (unpaired) electrons. The van der Waals surface area contributed by atoms with Crippen LogP contribution in [0.4, 0.5) is 0 Å². The van der Waals surface area contributed by atoms with Gasteiger partial charge in [-0.2, -0.15) is 0 Å². The van der Waals surface area contributed by atoms with Gasteiger partial charge >= 0.3 is 0 Å². The van der Waals surface area contributed by atoms with Gasteiger partial charge in [0.15, 0.2) is 7.57 Å². The van der Waals surface area contributed by atoms with Crippen LogP contribution in [0.5, 0.6) is 0 Å². The Morgan fingerprint density at radius 1 is 2.00 bits per heavy atom. The third kappa shape index (κ3) is 9.86. The molecular weight excluding hydrogens is 201 g/mol. The van der Waals surface area contributed by atoms with Crippen molar-refractivity contribution < 1.29 is 0 Å². The summed E-state index contributed by atoms with van der Waals surface area (Å²) in [4.78, 5) is 0. The lowest BCUT2D eigenvalue weighted by Crippen LogP contribution is -1.22. The molecule has 0 aromatic carbocycles. The lowest BCUT2D eigenvalue weighted by Gasteiger charge is -1.59. The molecule has 0 bridgehead atoms. The first kappa shape index (κ1) is 5.44. The second-order valence-electron chi connectivity index (χ2n) is 0.470. The summed E-state index contributed by atoms with van der Waals surface area (Å²) >= 11 is 6.97. The van der Waals surface area contributed by atoms with Crippen LogP contribution in [0.25, 0.3) is 0 Å². The van der Waals surface area contributed by atoms with Crippen LogP contribution in [0.3, 0.4) is 0 Å². The van der Waals surface area contributed by atoms with Crippen molar-refractivity contribution in [3.8, 4) is 0 Å². The summed E-state index contributed by atoms with van der Waals surface area (Å²) in [5.41, 5.74) is 0. The standard InChI is InChI=1S/BH3IPS/c1-3(2)4/h3H,1H2. The Labute approximate surface area is 45.6 Å². The second kappa shape index (κ2) is 2.67. The summed E-state index contributed by atoms with van der Waals surface area (Å²) in [5.74, 6) is 0. The Morgan fingerprint density at radius 2 is 2.00 bits per heavy atom. The minimum absolute atomic E-state index is 0.326. The Morgan fingerprint density at radius 3 is 2.00 bits per heavy atom. The zero-order chi connectivity index (χ0) is 3.58.